The smallest absolute Gasteiger partial charge is 0.251 e. The van der Waals surface area contributed by atoms with Crippen molar-refractivity contribution in [2.24, 2.45) is 16.6 Å². The van der Waals surface area contributed by atoms with Crippen molar-refractivity contribution in [3.05, 3.63) is 71.0 Å². The number of benzene rings is 2. The van der Waals surface area contributed by atoms with Gasteiger partial charge in [-0.25, -0.2) is 9.38 Å². The fourth-order valence-corrected chi connectivity index (χ4v) is 3.80. The SMILES string of the molecule is CCC(NC(=O)c1cc(F)cc(CN2C(=O)CC(C)(C(C)C)N=C2N)c1)c1ccccc1. The van der Waals surface area contributed by atoms with Gasteiger partial charge >= 0.3 is 0 Å². The van der Waals surface area contributed by atoms with Crippen molar-refractivity contribution in [2.75, 3.05) is 0 Å². The highest BCUT2D eigenvalue weighted by Crippen LogP contribution is 2.30. The standard InChI is InChI=1S/C25H31FN4O2/c1-5-21(18-9-7-6-8-10-18)28-23(32)19-11-17(12-20(26)13-19)15-30-22(31)14-25(4,16(2)3)29-24(30)27/h6-13,16,21H,5,14-15H2,1-4H3,(H2,27,29)(H,28,32). The maximum Gasteiger partial charge on any atom is 0.251 e. The lowest BCUT2D eigenvalue weighted by Gasteiger charge is -2.37. The second-order valence-electron chi connectivity index (χ2n) is 8.83. The Morgan fingerprint density at radius 2 is 1.94 bits per heavy atom. The molecule has 1 aliphatic rings. The number of rotatable bonds is 7. The van der Waals surface area contributed by atoms with Gasteiger partial charge in [-0.1, -0.05) is 51.1 Å². The molecular formula is C25H31FN4O2. The normalized spacial score (nSPS) is 19.6. The van der Waals surface area contributed by atoms with Gasteiger partial charge in [0.05, 0.1) is 24.5 Å². The van der Waals surface area contributed by atoms with Crippen LogP contribution in [0.25, 0.3) is 0 Å². The van der Waals surface area contributed by atoms with Crippen molar-refractivity contribution in [2.45, 2.75) is 58.7 Å². The zero-order valence-electron chi connectivity index (χ0n) is 19.1. The van der Waals surface area contributed by atoms with Crippen LogP contribution in [0.4, 0.5) is 4.39 Å². The third-order valence-corrected chi connectivity index (χ3v) is 6.18. The molecule has 0 saturated carbocycles. The van der Waals surface area contributed by atoms with Crippen molar-refractivity contribution < 1.29 is 14.0 Å². The summed E-state index contributed by atoms with van der Waals surface area (Å²) in [7, 11) is 0. The van der Waals surface area contributed by atoms with E-state index in [4.69, 9.17) is 5.73 Å². The summed E-state index contributed by atoms with van der Waals surface area (Å²) in [6.07, 6.45) is 0.922. The molecule has 2 aromatic rings. The molecule has 2 aromatic carbocycles. The van der Waals surface area contributed by atoms with Crippen LogP contribution in [0.15, 0.2) is 53.5 Å². The minimum atomic E-state index is -0.558. The number of hydrogen-bond acceptors (Lipinski definition) is 4. The lowest BCUT2D eigenvalue weighted by molar-refractivity contribution is -0.130. The zero-order valence-corrected chi connectivity index (χ0v) is 19.1. The fraction of sp³-hybridized carbons (Fsp3) is 0.400. The molecule has 1 aliphatic heterocycles. The van der Waals surface area contributed by atoms with Crippen molar-refractivity contribution in [1.82, 2.24) is 10.2 Å². The Hall–Kier alpha value is -3.22. The third-order valence-electron chi connectivity index (χ3n) is 6.18. The molecule has 2 unspecified atom stereocenters. The maximum absolute atomic E-state index is 14.4. The van der Waals surface area contributed by atoms with E-state index < -0.39 is 11.4 Å². The first kappa shape index (κ1) is 23.4. The molecule has 7 heteroatoms. The second-order valence-corrected chi connectivity index (χ2v) is 8.83. The molecule has 2 amide bonds. The number of nitrogens with two attached hydrogens (primary N) is 1. The van der Waals surface area contributed by atoms with Crippen LogP contribution >= 0.6 is 0 Å². The summed E-state index contributed by atoms with van der Waals surface area (Å²) in [6, 6.07) is 13.5. The quantitative estimate of drug-likeness (QED) is 0.680. The van der Waals surface area contributed by atoms with E-state index >= 15 is 0 Å². The molecule has 0 saturated heterocycles. The first-order valence-electron chi connectivity index (χ1n) is 10.9. The van der Waals surface area contributed by atoms with Crippen LogP contribution in [0.2, 0.25) is 0 Å². The Kier molecular flexibility index (Phi) is 6.96. The van der Waals surface area contributed by atoms with Gasteiger partial charge in [0.25, 0.3) is 5.91 Å². The van der Waals surface area contributed by atoms with E-state index in [0.717, 1.165) is 5.56 Å². The monoisotopic (exact) mass is 438 g/mol. The van der Waals surface area contributed by atoms with E-state index in [-0.39, 0.29) is 48.3 Å². The van der Waals surface area contributed by atoms with Crippen LogP contribution in [0.3, 0.4) is 0 Å². The van der Waals surface area contributed by atoms with Crippen LogP contribution in [-0.2, 0) is 11.3 Å². The van der Waals surface area contributed by atoms with Crippen LogP contribution < -0.4 is 11.1 Å². The molecule has 2 atom stereocenters. The van der Waals surface area contributed by atoms with E-state index in [0.29, 0.717) is 12.0 Å². The molecule has 0 aliphatic carbocycles. The van der Waals surface area contributed by atoms with Crippen LogP contribution in [0.1, 0.15) is 68.1 Å². The molecule has 6 nitrogen and oxygen atoms in total. The largest absolute Gasteiger partial charge is 0.369 e. The molecule has 3 N–H and O–H groups in total. The Morgan fingerprint density at radius 3 is 2.53 bits per heavy atom. The molecule has 0 bridgehead atoms. The predicted octanol–water partition coefficient (Wildman–Crippen LogP) is 4.17. The van der Waals surface area contributed by atoms with Gasteiger partial charge < -0.3 is 11.1 Å². The number of nitrogens with one attached hydrogen (secondary N) is 1. The number of guanidine groups is 1. The molecular weight excluding hydrogens is 407 g/mol. The van der Waals surface area contributed by atoms with Gasteiger partial charge in [-0.05, 0) is 48.6 Å². The highest BCUT2D eigenvalue weighted by molar-refractivity contribution is 5.99. The van der Waals surface area contributed by atoms with Crippen LogP contribution in [-0.4, -0.2) is 28.2 Å². The average molecular weight is 439 g/mol. The highest BCUT2D eigenvalue weighted by Gasteiger charge is 2.38. The van der Waals surface area contributed by atoms with Crippen LogP contribution in [0.5, 0.6) is 0 Å². The minimum Gasteiger partial charge on any atom is -0.369 e. The topological polar surface area (TPSA) is 87.8 Å². The predicted molar refractivity (Wildman–Crippen MR) is 123 cm³/mol. The number of hydrogen-bond donors (Lipinski definition) is 2. The Morgan fingerprint density at radius 1 is 1.25 bits per heavy atom. The molecule has 32 heavy (non-hydrogen) atoms. The lowest BCUT2D eigenvalue weighted by Crippen LogP contribution is -2.51. The molecule has 0 aromatic heterocycles. The van der Waals surface area contributed by atoms with E-state index in [9.17, 15) is 14.0 Å². The number of carbonyl (C=O) groups is 2. The number of amides is 2. The molecule has 170 valence electrons. The van der Waals surface area contributed by atoms with Crippen molar-refractivity contribution in [3.8, 4) is 0 Å². The summed E-state index contributed by atoms with van der Waals surface area (Å²) >= 11 is 0. The fourth-order valence-electron chi connectivity index (χ4n) is 3.80. The Balaban J connectivity index is 1.80. The number of halogens is 1. The second kappa shape index (κ2) is 9.51. The Bertz CT molecular complexity index is 1020. The Labute approximate surface area is 188 Å². The molecule has 3 rings (SSSR count). The van der Waals surface area contributed by atoms with E-state index in [1.807, 2.05) is 58.0 Å². The first-order chi connectivity index (χ1) is 15.1. The van der Waals surface area contributed by atoms with E-state index in [1.165, 1.54) is 17.0 Å². The number of aliphatic imine (C=N–C) groups is 1. The number of carbonyl (C=O) groups excluding carboxylic acids is 2. The molecule has 0 spiro atoms. The summed E-state index contributed by atoms with van der Waals surface area (Å²) in [5.74, 6) is -0.831. The third kappa shape index (κ3) is 5.15. The van der Waals surface area contributed by atoms with Gasteiger partial charge in [0.15, 0.2) is 5.96 Å². The van der Waals surface area contributed by atoms with Crippen molar-refractivity contribution >= 4 is 17.8 Å². The molecule has 0 radical (unpaired) electrons. The summed E-state index contributed by atoms with van der Waals surface area (Å²) in [6.45, 7) is 7.92. The maximum atomic E-state index is 14.4. The van der Waals surface area contributed by atoms with Gasteiger partial charge in [0.1, 0.15) is 5.82 Å². The summed E-state index contributed by atoms with van der Waals surface area (Å²) in [5, 5.41) is 2.96. The van der Waals surface area contributed by atoms with E-state index in [1.54, 1.807) is 6.07 Å². The molecule has 1 heterocycles. The van der Waals surface area contributed by atoms with E-state index in [2.05, 4.69) is 10.3 Å². The van der Waals surface area contributed by atoms with Gasteiger partial charge in [0.2, 0.25) is 5.91 Å². The van der Waals surface area contributed by atoms with Gasteiger partial charge in [0, 0.05) is 5.56 Å². The van der Waals surface area contributed by atoms with Gasteiger partial charge in [-0.3, -0.25) is 14.5 Å². The summed E-state index contributed by atoms with van der Waals surface area (Å²) in [4.78, 5) is 31.5. The lowest BCUT2D eigenvalue weighted by atomic mass is 9.84. The first-order valence-corrected chi connectivity index (χ1v) is 10.9. The molecule has 0 fully saturated rings. The summed E-state index contributed by atoms with van der Waals surface area (Å²) in [5.41, 5.74) is 7.19. The minimum absolute atomic E-state index is 0.0519. The zero-order chi connectivity index (χ0) is 23.5. The highest BCUT2D eigenvalue weighted by atomic mass is 19.1. The average Bonchev–Trinajstić information content (AvgIpc) is 2.74. The summed E-state index contributed by atoms with van der Waals surface area (Å²) < 4.78 is 14.4. The van der Waals surface area contributed by atoms with Gasteiger partial charge in [-0.15, -0.1) is 0 Å². The van der Waals surface area contributed by atoms with Crippen molar-refractivity contribution in [3.63, 3.8) is 0 Å². The van der Waals surface area contributed by atoms with Crippen LogP contribution in [0, 0.1) is 11.7 Å². The van der Waals surface area contributed by atoms with Crippen molar-refractivity contribution in [1.29, 1.82) is 0 Å². The van der Waals surface area contributed by atoms with Gasteiger partial charge in [-0.2, -0.15) is 0 Å². The number of nitrogens with zero attached hydrogens (tertiary/aromatic N) is 2.